The Hall–Kier alpha value is -2.66. The van der Waals surface area contributed by atoms with Crippen LogP contribution in [0.5, 0.6) is 0 Å². The molecule has 2 aromatic rings. The molecule has 0 saturated carbocycles. The maximum absolute atomic E-state index is 13.3. The van der Waals surface area contributed by atoms with Crippen LogP contribution in [0.2, 0.25) is 0 Å². The van der Waals surface area contributed by atoms with Crippen LogP contribution in [-0.4, -0.2) is 30.2 Å². The SMILES string of the molecule is Cc1ccc(C2(C(=O)Nc3ccc(CC(C)C(=O)O)cc3)CCOCC2)cc1. The van der Waals surface area contributed by atoms with Crippen molar-refractivity contribution in [3.63, 3.8) is 0 Å². The topological polar surface area (TPSA) is 75.6 Å². The summed E-state index contributed by atoms with van der Waals surface area (Å²) >= 11 is 0. The van der Waals surface area contributed by atoms with E-state index in [4.69, 9.17) is 9.84 Å². The zero-order valence-corrected chi connectivity index (χ0v) is 16.4. The molecular formula is C23H27NO4. The summed E-state index contributed by atoms with van der Waals surface area (Å²) in [6.45, 7) is 4.85. The monoisotopic (exact) mass is 381 g/mol. The van der Waals surface area contributed by atoms with Gasteiger partial charge < -0.3 is 15.2 Å². The maximum Gasteiger partial charge on any atom is 0.306 e. The number of amides is 1. The summed E-state index contributed by atoms with van der Waals surface area (Å²) in [7, 11) is 0. The van der Waals surface area contributed by atoms with Crippen LogP contribution in [-0.2, 0) is 26.2 Å². The fourth-order valence-electron chi connectivity index (χ4n) is 3.66. The fourth-order valence-corrected chi connectivity index (χ4v) is 3.66. The van der Waals surface area contributed by atoms with Crippen molar-refractivity contribution in [1.29, 1.82) is 0 Å². The van der Waals surface area contributed by atoms with E-state index in [2.05, 4.69) is 5.32 Å². The number of rotatable bonds is 6. The molecule has 0 radical (unpaired) electrons. The molecule has 1 amide bonds. The molecule has 5 nitrogen and oxygen atoms in total. The molecule has 0 aliphatic carbocycles. The third kappa shape index (κ3) is 4.42. The van der Waals surface area contributed by atoms with E-state index in [1.165, 1.54) is 0 Å². The van der Waals surface area contributed by atoms with Crippen LogP contribution in [0.25, 0.3) is 0 Å². The van der Waals surface area contributed by atoms with Gasteiger partial charge in [0.2, 0.25) is 5.91 Å². The Morgan fingerprint density at radius 2 is 1.68 bits per heavy atom. The Labute approximate surface area is 165 Å². The van der Waals surface area contributed by atoms with Crippen LogP contribution in [0.4, 0.5) is 5.69 Å². The minimum absolute atomic E-state index is 0.0219. The Morgan fingerprint density at radius 1 is 1.07 bits per heavy atom. The van der Waals surface area contributed by atoms with Crippen molar-refractivity contribution in [2.75, 3.05) is 18.5 Å². The third-order valence-corrected chi connectivity index (χ3v) is 5.56. The summed E-state index contributed by atoms with van der Waals surface area (Å²) < 4.78 is 5.51. The smallest absolute Gasteiger partial charge is 0.306 e. The molecule has 0 aromatic heterocycles. The number of benzene rings is 2. The van der Waals surface area contributed by atoms with Crippen LogP contribution in [0.15, 0.2) is 48.5 Å². The highest BCUT2D eigenvalue weighted by Gasteiger charge is 2.41. The van der Waals surface area contributed by atoms with Crippen LogP contribution in [0, 0.1) is 12.8 Å². The molecule has 1 unspecified atom stereocenters. The molecule has 1 saturated heterocycles. The Bertz CT molecular complexity index is 821. The molecule has 2 N–H and O–H groups in total. The summed E-state index contributed by atoms with van der Waals surface area (Å²) in [5, 5.41) is 12.1. The third-order valence-electron chi connectivity index (χ3n) is 5.56. The second kappa shape index (κ2) is 8.57. The molecule has 1 atom stereocenters. The van der Waals surface area contributed by atoms with Gasteiger partial charge >= 0.3 is 5.97 Å². The lowest BCUT2D eigenvalue weighted by Gasteiger charge is -2.36. The van der Waals surface area contributed by atoms with Gasteiger partial charge in [0.15, 0.2) is 0 Å². The van der Waals surface area contributed by atoms with Gasteiger partial charge in [0, 0.05) is 18.9 Å². The number of carbonyl (C=O) groups is 2. The van der Waals surface area contributed by atoms with Gasteiger partial charge in [-0.3, -0.25) is 9.59 Å². The fraction of sp³-hybridized carbons (Fsp3) is 0.391. The number of hydrogen-bond donors (Lipinski definition) is 2. The van der Waals surface area contributed by atoms with Crippen molar-refractivity contribution in [3.05, 3.63) is 65.2 Å². The predicted octanol–water partition coefficient (Wildman–Crippen LogP) is 3.95. The van der Waals surface area contributed by atoms with Crippen molar-refractivity contribution in [3.8, 4) is 0 Å². The molecule has 1 aliphatic heterocycles. The summed E-state index contributed by atoms with van der Waals surface area (Å²) in [5.41, 5.74) is 3.24. The first kappa shape index (κ1) is 20.1. The van der Waals surface area contributed by atoms with Crippen molar-refractivity contribution in [1.82, 2.24) is 0 Å². The van der Waals surface area contributed by atoms with Crippen LogP contribution in [0.1, 0.15) is 36.5 Å². The van der Waals surface area contributed by atoms with Gasteiger partial charge in [-0.05, 0) is 49.4 Å². The molecular weight excluding hydrogens is 354 g/mol. The first-order valence-electron chi connectivity index (χ1n) is 9.69. The number of aryl methyl sites for hydroxylation is 1. The Kier molecular flexibility index (Phi) is 6.15. The van der Waals surface area contributed by atoms with Crippen LogP contribution < -0.4 is 5.32 Å². The highest BCUT2D eigenvalue weighted by molar-refractivity contribution is 5.99. The average molecular weight is 381 g/mol. The number of carboxylic acids is 1. The summed E-state index contributed by atoms with van der Waals surface area (Å²) in [4.78, 5) is 24.3. The first-order chi connectivity index (χ1) is 13.4. The number of nitrogens with one attached hydrogen (secondary N) is 1. The number of ether oxygens (including phenoxy) is 1. The summed E-state index contributed by atoms with van der Waals surface area (Å²) in [6.07, 6.45) is 1.76. The van der Waals surface area contributed by atoms with Crippen molar-refractivity contribution >= 4 is 17.6 Å². The minimum Gasteiger partial charge on any atom is -0.481 e. The van der Waals surface area contributed by atoms with Gasteiger partial charge in [0.1, 0.15) is 0 Å². The molecule has 2 aromatic carbocycles. The normalized spacial score (nSPS) is 16.9. The lowest BCUT2D eigenvalue weighted by atomic mass is 9.73. The van der Waals surface area contributed by atoms with E-state index in [-0.39, 0.29) is 5.91 Å². The van der Waals surface area contributed by atoms with Gasteiger partial charge in [-0.15, -0.1) is 0 Å². The molecule has 5 heteroatoms. The Morgan fingerprint density at radius 3 is 2.25 bits per heavy atom. The minimum atomic E-state index is -0.808. The number of carboxylic acid groups (broad SMARTS) is 1. The van der Waals surface area contributed by atoms with Crippen molar-refractivity contribution in [2.24, 2.45) is 5.92 Å². The largest absolute Gasteiger partial charge is 0.481 e. The van der Waals surface area contributed by atoms with E-state index in [1.807, 2.05) is 55.5 Å². The van der Waals surface area contributed by atoms with E-state index >= 15 is 0 Å². The molecule has 28 heavy (non-hydrogen) atoms. The molecule has 0 spiro atoms. The summed E-state index contributed by atoms with van der Waals surface area (Å²) in [5.74, 6) is -1.27. The highest BCUT2D eigenvalue weighted by Crippen LogP contribution is 2.36. The summed E-state index contributed by atoms with van der Waals surface area (Å²) in [6, 6.07) is 15.6. The Balaban J connectivity index is 1.77. The first-order valence-corrected chi connectivity index (χ1v) is 9.69. The zero-order valence-electron chi connectivity index (χ0n) is 16.4. The lowest BCUT2D eigenvalue weighted by molar-refractivity contribution is -0.141. The lowest BCUT2D eigenvalue weighted by Crippen LogP contribution is -2.44. The standard InChI is InChI=1S/C23H27NO4/c1-16-3-7-19(8-4-16)23(11-13-28-14-12-23)22(27)24-20-9-5-18(6-10-20)15-17(2)21(25)26/h3-10,17H,11-15H2,1-2H3,(H,24,27)(H,25,26). The molecule has 148 valence electrons. The van der Waals surface area contributed by atoms with Gasteiger partial charge in [-0.1, -0.05) is 48.9 Å². The van der Waals surface area contributed by atoms with Crippen molar-refractivity contribution in [2.45, 2.75) is 38.5 Å². The number of hydrogen-bond acceptors (Lipinski definition) is 3. The van der Waals surface area contributed by atoms with Gasteiger partial charge in [-0.25, -0.2) is 0 Å². The van der Waals surface area contributed by atoms with E-state index in [0.29, 0.717) is 32.5 Å². The highest BCUT2D eigenvalue weighted by atomic mass is 16.5. The molecule has 1 aliphatic rings. The van der Waals surface area contributed by atoms with E-state index in [1.54, 1.807) is 6.92 Å². The van der Waals surface area contributed by atoms with Crippen molar-refractivity contribution < 1.29 is 19.4 Å². The zero-order chi connectivity index (χ0) is 20.1. The van der Waals surface area contributed by atoms with E-state index < -0.39 is 17.3 Å². The predicted molar refractivity (Wildman–Crippen MR) is 108 cm³/mol. The van der Waals surface area contributed by atoms with E-state index in [9.17, 15) is 9.59 Å². The molecule has 3 rings (SSSR count). The van der Waals surface area contributed by atoms with Gasteiger partial charge in [-0.2, -0.15) is 0 Å². The molecule has 1 heterocycles. The van der Waals surface area contributed by atoms with Crippen LogP contribution in [0.3, 0.4) is 0 Å². The molecule has 1 fully saturated rings. The van der Waals surface area contributed by atoms with E-state index in [0.717, 1.165) is 22.4 Å². The number of aliphatic carboxylic acids is 1. The van der Waals surface area contributed by atoms with Gasteiger partial charge in [0.25, 0.3) is 0 Å². The number of carbonyl (C=O) groups excluding carboxylic acids is 1. The van der Waals surface area contributed by atoms with Crippen LogP contribution >= 0.6 is 0 Å². The average Bonchev–Trinajstić information content (AvgIpc) is 2.70. The number of anilines is 1. The maximum atomic E-state index is 13.3. The quantitative estimate of drug-likeness (QED) is 0.795. The second-order valence-electron chi connectivity index (χ2n) is 7.65. The molecule has 0 bridgehead atoms. The second-order valence-corrected chi connectivity index (χ2v) is 7.65. The van der Waals surface area contributed by atoms with Gasteiger partial charge in [0.05, 0.1) is 11.3 Å².